The minimum atomic E-state index is -1.28. The van der Waals surface area contributed by atoms with Crippen molar-refractivity contribution in [2.45, 2.75) is 31.5 Å². The molecule has 4 nitrogen and oxygen atoms in total. The van der Waals surface area contributed by atoms with Gasteiger partial charge in [-0.3, -0.25) is 0 Å². The first-order chi connectivity index (χ1) is 8.07. The largest absolute Gasteiger partial charge is 0.464 e. The van der Waals surface area contributed by atoms with Crippen LogP contribution in [-0.2, 0) is 15.1 Å². The fourth-order valence-electron chi connectivity index (χ4n) is 1.76. The van der Waals surface area contributed by atoms with Crippen LogP contribution in [-0.4, -0.2) is 22.8 Å². The molecule has 1 atom stereocenters. The maximum Gasteiger partial charge on any atom is 0.339 e. The van der Waals surface area contributed by atoms with E-state index in [0.717, 1.165) is 18.4 Å². The molecule has 0 aliphatic heterocycles. The van der Waals surface area contributed by atoms with Crippen molar-refractivity contribution >= 4 is 5.97 Å². The van der Waals surface area contributed by atoms with E-state index in [0.29, 0.717) is 5.56 Å². The van der Waals surface area contributed by atoms with Crippen LogP contribution in [0.25, 0.3) is 0 Å². The van der Waals surface area contributed by atoms with Gasteiger partial charge in [0.05, 0.1) is 12.2 Å². The van der Waals surface area contributed by atoms with Crippen molar-refractivity contribution in [3.8, 4) is 0 Å². The van der Waals surface area contributed by atoms with Crippen molar-refractivity contribution < 1.29 is 19.7 Å². The highest BCUT2D eigenvalue weighted by Gasteiger charge is 2.42. The average molecular weight is 236 g/mol. The summed E-state index contributed by atoms with van der Waals surface area (Å²) in [5.74, 6) is -0.660. The predicted octanol–water partition coefficient (Wildman–Crippen LogP) is 1.26. The van der Waals surface area contributed by atoms with Gasteiger partial charge in [0.1, 0.15) is 0 Å². The zero-order valence-corrected chi connectivity index (χ0v) is 9.72. The number of esters is 1. The van der Waals surface area contributed by atoms with Gasteiger partial charge in [0.25, 0.3) is 0 Å². The lowest BCUT2D eigenvalue weighted by Gasteiger charge is -2.13. The highest BCUT2D eigenvalue weighted by atomic mass is 16.5. The molecule has 1 saturated carbocycles. The van der Waals surface area contributed by atoms with Crippen LogP contribution < -0.4 is 0 Å². The van der Waals surface area contributed by atoms with Gasteiger partial charge in [0.2, 0.25) is 0 Å². The Labute approximate surface area is 99.8 Å². The van der Waals surface area contributed by atoms with E-state index in [-0.39, 0.29) is 6.61 Å². The van der Waals surface area contributed by atoms with Crippen molar-refractivity contribution in [3.63, 3.8) is 0 Å². The number of aliphatic hydroxyl groups is 2. The first kappa shape index (κ1) is 12.1. The molecular weight excluding hydrogens is 220 g/mol. The Morgan fingerprint density at radius 3 is 2.82 bits per heavy atom. The van der Waals surface area contributed by atoms with Crippen LogP contribution in [0.2, 0.25) is 0 Å². The third-order valence-electron chi connectivity index (χ3n) is 2.97. The third-order valence-corrected chi connectivity index (χ3v) is 2.97. The van der Waals surface area contributed by atoms with Gasteiger partial charge in [-0.2, -0.15) is 0 Å². The fourth-order valence-corrected chi connectivity index (χ4v) is 1.76. The molecule has 92 valence electrons. The second-order valence-electron chi connectivity index (χ2n) is 4.31. The Kier molecular flexibility index (Phi) is 3.17. The molecule has 0 saturated heterocycles. The molecule has 0 amide bonds. The van der Waals surface area contributed by atoms with Gasteiger partial charge in [0, 0.05) is 0 Å². The van der Waals surface area contributed by atoms with Crippen LogP contribution >= 0.6 is 0 Å². The van der Waals surface area contributed by atoms with E-state index in [2.05, 4.69) is 0 Å². The van der Waals surface area contributed by atoms with Gasteiger partial charge < -0.3 is 14.9 Å². The molecule has 0 spiro atoms. The number of carbonyl (C=O) groups is 1. The molecule has 1 aliphatic rings. The Morgan fingerprint density at radius 1 is 1.53 bits per heavy atom. The number of aliphatic hydroxyl groups excluding tert-OH is 1. The molecule has 1 unspecified atom stereocenters. The number of benzene rings is 1. The Hall–Kier alpha value is -1.39. The molecule has 0 radical (unpaired) electrons. The number of carbonyl (C=O) groups excluding carboxylic acids is 1. The van der Waals surface area contributed by atoms with Crippen molar-refractivity contribution in [1.29, 1.82) is 0 Å². The first-order valence-corrected chi connectivity index (χ1v) is 5.74. The minimum absolute atomic E-state index is 0.236. The zero-order chi connectivity index (χ0) is 12.5. The lowest BCUT2D eigenvalue weighted by Crippen LogP contribution is -2.16. The third kappa shape index (κ3) is 2.48. The molecule has 2 rings (SSSR count). The Bertz CT molecular complexity index is 423. The van der Waals surface area contributed by atoms with Gasteiger partial charge in [-0.15, -0.1) is 0 Å². The van der Waals surface area contributed by atoms with Crippen molar-refractivity contribution in [2.75, 3.05) is 6.61 Å². The molecule has 0 bridgehead atoms. The summed E-state index contributed by atoms with van der Waals surface area (Å²) in [5.41, 5.74) is 0.448. The number of ether oxygens (including phenoxy) is 1. The van der Waals surface area contributed by atoms with Crippen LogP contribution in [0, 0.1) is 0 Å². The van der Waals surface area contributed by atoms with E-state index in [1.807, 2.05) is 0 Å². The second kappa shape index (κ2) is 4.47. The molecule has 4 heteroatoms. The molecule has 0 heterocycles. The Balaban J connectivity index is 2.18. The fraction of sp³-hybridized carbons (Fsp3) is 0.462. The topological polar surface area (TPSA) is 66.8 Å². The summed E-state index contributed by atoms with van der Waals surface area (Å²) in [6.07, 6.45) is 0.176. The first-order valence-electron chi connectivity index (χ1n) is 5.74. The smallest absolute Gasteiger partial charge is 0.339 e. The highest BCUT2D eigenvalue weighted by molar-refractivity contribution is 5.76. The number of hydrogen-bond donors (Lipinski definition) is 2. The standard InChI is InChI=1S/C13H16O4/c1-2-17-12(15)11(14)9-4-3-5-10(8-9)13(16)6-7-13/h3-5,8,11,14,16H,2,6-7H2,1H3. The lowest BCUT2D eigenvalue weighted by atomic mass is 10.0. The molecule has 1 aromatic carbocycles. The van der Waals surface area contributed by atoms with E-state index in [9.17, 15) is 15.0 Å². The van der Waals surface area contributed by atoms with E-state index >= 15 is 0 Å². The summed E-state index contributed by atoms with van der Waals surface area (Å²) in [6, 6.07) is 6.84. The Morgan fingerprint density at radius 2 is 2.24 bits per heavy atom. The predicted molar refractivity (Wildman–Crippen MR) is 61.2 cm³/mol. The summed E-state index contributed by atoms with van der Waals surface area (Å²) < 4.78 is 4.75. The number of hydrogen-bond acceptors (Lipinski definition) is 4. The van der Waals surface area contributed by atoms with Gasteiger partial charge in [-0.1, -0.05) is 18.2 Å². The van der Waals surface area contributed by atoms with Gasteiger partial charge in [-0.25, -0.2) is 4.79 Å². The summed E-state index contributed by atoms with van der Waals surface area (Å²) in [5, 5.41) is 19.7. The normalized spacial score (nSPS) is 18.5. The van der Waals surface area contributed by atoms with Gasteiger partial charge in [-0.05, 0) is 37.0 Å². The quantitative estimate of drug-likeness (QED) is 0.772. The van der Waals surface area contributed by atoms with Crippen molar-refractivity contribution in [2.24, 2.45) is 0 Å². The van der Waals surface area contributed by atoms with E-state index in [1.165, 1.54) is 0 Å². The summed E-state index contributed by atoms with van der Waals surface area (Å²) in [4.78, 5) is 11.4. The maximum atomic E-state index is 11.4. The molecular formula is C13H16O4. The summed E-state index contributed by atoms with van der Waals surface area (Å²) >= 11 is 0. The maximum absolute atomic E-state index is 11.4. The second-order valence-corrected chi connectivity index (χ2v) is 4.31. The molecule has 17 heavy (non-hydrogen) atoms. The molecule has 1 fully saturated rings. The lowest BCUT2D eigenvalue weighted by molar-refractivity contribution is -0.153. The van der Waals surface area contributed by atoms with Crippen LogP contribution in [0.1, 0.15) is 37.0 Å². The molecule has 2 N–H and O–H groups in total. The number of rotatable bonds is 4. The molecule has 0 aromatic heterocycles. The van der Waals surface area contributed by atoms with Crippen molar-refractivity contribution in [3.05, 3.63) is 35.4 Å². The van der Waals surface area contributed by atoms with Gasteiger partial charge >= 0.3 is 5.97 Å². The van der Waals surface area contributed by atoms with Crippen LogP contribution in [0.5, 0.6) is 0 Å². The van der Waals surface area contributed by atoms with E-state index < -0.39 is 17.7 Å². The van der Waals surface area contributed by atoms with E-state index in [4.69, 9.17) is 4.74 Å². The highest BCUT2D eigenvalue weighted by Crippen LogP contribution is 2.45. The SMILES string of the molecule is CCOC(=O)C(O)c1cccc(C2(O)CC2)c1. The summed E-state index contributed by atoms with van der Waals surface area (Å²) in [6.45, 7) is 1.92. The average Bonchev–Trinajstić information content (AvgIpc) is 3.08. The minimum Gasteiger partial charge on any atom is -0.464 e. The molecule has 1 aromatic rings. The van der Waals surface area contributed by atoms with Crippen LogP contribution in [0.3, 0.4) is 0 Å². The monoisotopic (exact) mass is 236 g/mol. The zero-order valence-electron chi connectivity index (χ0n) is 9.72. The van der Waals surface area contributed by atoms with Crippen LogP contribution in [0.4, 0.5) is 0 Å². The van der Waals surface area contributed by atoms with E-state index in [1.54, 1.807) is 31.2 Å². The van der Waals surface area contributed by atoms with Crippen LogP contribution in [0.15, 0.2) is 24.3 Å². The van der Waals surface area contributed by atoms with Gasteiger partial charge in [0.15, 0.2) is 6.10 Å². The van der Waals surface area contributed by atoms with Crippen molar-refractivity contribution in [1.82, 2.24) is 0 Å². The molecule has 1 aliphatic carbocycles. The summed E-state index contributed by atoms with van der Waals surface area (Å²) in [7, 11) is 0.